The summed E-state index contributed by atoms with van der Waals surface area (Å²) in [6, 6.07) is 13.4. The molecule has 1 amide bonds. The number of aryl methyl sites for hydroxylation is 1. The molecule has 0 bridgehead atoms. The molecule has 0 unspecified atom stereocenters. The van der Waals surface area contributed by atoms with E-state index in [1.54, 1.807) is 6.26 Å². The lowest BCUT2D eigenvalue weighted by atomic mass is 10.1. The van der Waals surface area contributed by atoms with Crippen molar-refractivity contribution in [2.75, 3.05) is 5.32 Å². The molecule has 30 heavy (non-hydrogen) atoms. The number of anilines is 1. The van der Waals surface area contributed by atoms with Gasteiger partial charge in [0.2, 0.25) is 0 Å². The second kappa shape index (κ2) is 8.77. The highest BCUT2D eigenvalue weighted by Crippen LogP contribution is 2.29. The molecule has 0 fully saturated rings. The van der Waals surface area contributed by atoms with Crippen LogP contribution in [-0.4, -0.2) is 15.5 Å². The maximum Gasteiger partial charge on any atom is 0.250 e. The van der Waals surface area contributed by atoms with Crippen molar-refractivity contribution >= 4 is 34.0 Å². The average molecular weight is 441 g/mol. The summed E-state index contributed by atoms with van der Waals surface area (Å²) in [4.78, 5) is 16.6. The Morgan fingerprint density at radius 1 is 1.30 bits per heavy atom. The van der Waals surface area contributed by atoms with Crippen molar-refractivity contribution < 1.29 is 9.21 Å². The molecule has 154 valence electrons. The van der Waals surface area contributed by atoms with Crippen molar-refractivity contribution in [3.05, 3.63) is 81.7 Å². The first-order valence-electron chi connectivity index (χ1n) is 9.48. The van der Waals surface area contributed by atoms with Crippen molar-refractivity contribution in [2.24, 2.45) is 5.73 Å². The van der Waals surface area contributed by atoms with E-state index in [4.69, 9.17) is 26.7 Å². The first-order chi connectivity index (χ1) is 14.5. The third kappa shape index (κ3) is 4.42. The second-order valence-corrected chi connectivity index (χ2v) is 8.19. The zero-order chi connectivity index (χ0) is 21.1. The maximum atomic E-state index is 11.9. The van der Waals surface area contributed by atoms with E-state index in [1.807, 2.05) is 54.8 Å². The lowest BCUT2D eigenvalue weighted by Gasteiger charge is -2.11. The molecule has 0 atom stereocenters. The summed E-state index contributed by atoms with van der Waals surface area (Å²) < 4.78 is 7.43. The van der Waals surface area contributed by atoms with Gasteiger partial charge in [0.25, 0.3) is 5.91 Å². The molecular weight excluding hydrogens is 420 g/mol. The Balaban J connectivity index is 1.59. The molecule has 4 aromatic rings. The third-order valence-corrected chi connectivity index (χ3v) is 5.94. The number of carbonyl (C=O) groups is 1. The van der Waals surface area contributed by atoms with Crippen LogP contribution in [0.1, 0.15) is 27.4 Å². The number of furan rings is 1. The predicted molar refractivity (Wildman–Crippen MR) is 120 cm³/mol. The molecule has 0 aliphatic heterocycles. The molecule has 0 saturated carbocycles. The van der Waals surface area contributed by atoms with E-state index in [2.05, 4.69) is 9.88 Å². The van der Waals surface area contributed by atoms with Crippen LogP contribution in [0.2, 0.25) is 5.02 Å². The van der Waals surface area contributed by atoms with Gasteiger partial charge in [-0.05, 0) is 49.2 Å². The van der Waals surface area contributed by atoms with Gasteiger partial charge in [0.15, 0.2) is 5.13 Å². The molecule has 0 aliphatic rings. The van der Waals surface area contributed by atoms with E-state index in [-0.39, 0.29) is 0 Å². The number of nitrogens with two attached hydrogens (primary N) is 1. The lowest BCUT2D eigenvalue weighted by Crippen LogP contribution is -2.13. The Morgan fingerprint density at radius 3 is 2.90 bits per heavy atom. The number of rotatable bonds is 8. The monoisotopic (exact) mass is 440 g/mol. The van der Waals surface area contributed by atoms with Crippen LogP contribution < -0.4 is 11.1 Å². The number of benzene rings is 1. The lowest BCUT2D eigenvalue weighted by molar-refractivity contribution is 0.0999. The van der Waals surface area contributed by atoms with Gasteiger partial charge in [-0.2, -0.15) is 0 Å². The van der Waals surface area contributed by atoms with Crippen molar-refractivity contribution in [1.82, 2.24) is 9.55 Å². The van der Waals surface area contributed by atoms with E-state index in [9.17, 15) is 4.79 Å². The standard InChI is InChI=1S/C22H21ClN4O2S/c1-14-18(21(24)28)11-20(27(14)8-7-15-4-2-5-16(23)10-15)19-13-30-22(26-19)25-12-17-6-3-9-29-17/h2-6,9-11,13H,7-8,12H2,1H3,(H2,24,28)(H,25,26). The van der Waals surface area contributed by atoms with Gasteiger partial charge in [-0.25, -0.2) is 4.98 Å². The minimum Gasteiger partial charge on any atom is -0.467 e. The Labute approximate surface area is 183 Å². The first-order valence-corrected chi connectivity index (χ1v) is 10.7. The summed E-state index contributed by atoms with van der Waals surface area (Å²) in [5, 5.41) is 6.72. The molecular formula is C22H21ClN4O2S. The minimum atomic E-state index is -0.443. The maximum absolute atomic E-state index is 11.9. The number of halogens is 1. The second-order valence-electron chi connectivity index (χ2n) is 6.90. The fourth-order valence-electron chi connectivity index (χ4n) is 3.38. The number of hydrogen-bond acceptors (Lipinski definition) is 5. The predicted octanol–water partition coefficient (Wildman–Crippen LogP) is 5.12. The summed E-state index contributed by atoms with van der Waals surface area (Å²) in [7, 11) is 0. The highest BCUT2D eigenvalue weighted by molar-refractivity contribution is 7.14. The molecule has 3 heterocycles. The van der Waals surface area contributed by atoms with E-state index >= 15 is 0 Å². The molecule has 0 aliphatic carbocycles. The number of hydrogen-bond donors (Lipinski definition) is 2. The highest BCUT2D eigenvalue weighted by atomic mass is 35.5. The molecule has 0 radical (unpaired) electrons. The largest absolute Gasteiger partial charge is 0.467 e. The van der Waals surface area contributed by atoms with Crippen LogP contribution in [0.4, 0.5) is 5.13 Å². The van der Waals surface area contributed by atoms with Gasteiger partial charge in [-0.15, -0.1) is 11.3 Å². The van der Waals surface area contributed by atoms with E-state index in [0.717, 1.165) is 40.0 Å². The topological polar surface area (TPSA) is 86.1 Å². The van der Waals surface area contributed by atoms with Crippen LogP contribution in [0.25, 0.3) is 11.4 Å². The van der Waals surface area contributed by atoms with Crippen molar-refractivity contribution in [2.45, 2.75) is 26.4 Å². The normalized spacial score (nSPS) is 11.0. The summed E-state index contributed by atoms with van der Waals surface area (Å²) in [5.74, 6) is 0.394. The number of nitrogens with one attached hydrogen (secondary N) is 1. The summed E-state index contributed by atoms with van der Waals surface area (Å²) in [5.41, 5.74) is 9.73. The highest BCUT2D eigenvalue weighted by Gasteiger charge is 2.18. The number of carbonyl (C=O) groups excluding carboxylic acids is 1. The van der Waals surface area contributed by atoms with Gasteiger partial charge in [0, 0.05) is 22.6 Å². The van der Waals surface area contributed by atoms with E-state index < -0.39 is 5.91 Å². The number of nitrogens with zero attached hydrogens (tertiary/aromatic N) is 2. The molecule has 8 heteroatoms. The molecule has 3 aromatic heterocycles. The van der Waals surface area contributed by atoms with Gasteiger partial charge in [-0.3, -0.25) is 4.79 Å². The molecule has 0 spiro atoms. The molecule has 6 nitrogen and oxygen atoms in total. The molecule has 0 saturated heterocycles. The summed E-state index contributed by atoms with van der Waals surface area (Å²) in [6.45, 7) is 3.15. The Kier molecular flexibility index (Phi) is 5.92. The van der Waals surface area contributed by atoms with Gasteiger partial charge in [0.05, 0.1) is 29.8 Å². The minimum absolute atomic E-state index is 0.443. The van der Waals surface area contributed by atoms with Crippen molar-refractivity contribution in [3.63, 3.8) is 0 Å². The zero-order valence-corrected chi connectivity index (χ0v) is 18.0. The number of aromatic nitrogens is 2. The summed E-state index contributed by atoms with van der Waals surface area (Å²) >= 11 is 7.61. The van der Waals surface area contributed by atoms with Crippen LogP contribution in [0.5, 0.6) is 0 Å². The molecule has 3 N–H and O–H groups in total. The zero-order valence-electron chi connectivity index (χ0n) is 16.4. The van der Waals surface area contributed by atoms with Crippen LogP contribution in [-0.2, 0) is 19.5 Å². The SMILES string of the molecule is Cc1c(C(N)=O)cc(-c2csc(NCc3ccco3)n2)n1CCc1cccc(Cl)c1. The first kappa shape index (κ1) is 20.3. The quantitative estimate of drug-likeness (QED) is 0.398. The van der Waals surface area contributed by atoms with Crippen LogP contribution in [0, 0.1) is 6.92 Å². The third-order valence-electron chi connectivity index (χ3n) is 4.91. The fraction of sp³-hybridized carbons (Fsp3) is 0.182. The summed E-state index contributed by atoms with van der Waals surface area (Å²) in [6.07, 6.45) is 2.42. The number of thiazole rings is 1. The smallest absolute Gasteiger partial charge is 0.250 e. The van der Waals surface area contributed by atoms with Gasteiger partial charge >= 0.3 is 0 Å². The van der Waals surface area contributed by atoms with Crippen molar-refractivity contribution in [3.8, 4) is 11.4 Å². The molecule has 4 rings (SSSR count). The van der Waals surface area contributed by atoms with Gasteiger partial charge < -0.3 is 20.0 Å². The van der Waals surface area contributed by atoms with Gasteiger partial charge in [-0.1, -0.05) is 23.7 Å². The Morgan fingerprint density at radius 2 is 2.17 bits per heavy atom. The van der Waals surface area contributed by atoms with Crippen LogP contribution >= 0.6 is 22.9 Å². The Bertz CT molecular complexity index is 1160. The van der Waals surface area contributed by atoms with E-state index in [1.165, 1.54) is 11.3 Å². The van der Waals surface area contributed by atoms with Crippen LogP contribution in [0.3, 0.4) is 0 Å². The van der Waals surface area contributed by atoms with Gasteiger partial charge in [0.1, 0.15) is 5.76 Å². The number of amides is 1. The van der Waals surface area contributed by atoms with E-state index in [0.29, 0.717) is 23.7 Å². The Hall–Kier alpha value is -3.03. The number of primary amides is 1. The molecule has 1 aromatic carbocycles. The fourth-order valence-corrected chi connectivity index (χ4v) is 4.29. The average Bonchev–Trinajstić information content (AvgIpc) is 3.45. The van der Waals surface area contributed by atoms with Crippen molar-refractivity contribution in [1.29, 1.82) is 0 Å². The van der Waals surface area contributed by atoms with Crippen LogP contribution in [0.15, 0.2) is 58.5 Å².